The number of hydrogen-bond donors (Lipinski definition) is 1. The van der Waals surface area contributed by atoms with Crippen LogP contribution in [0.4, 0.5) is 0 Å². The summed E-state index contributed by atoms with van der Waals surface area (Å²) in [6.07, 6.45) is 0. The molecule has 5 nitrogen and oxygen atoms in total. The molecule has 5 heteroatoms. The number of carbonyl (C=O) groups is 1. The lowest BCUT2D eigenvalue weighted by atomic mass is 10.2. The molecule has 1 fully saturated rings. The maximum Gasteiger partial charge on any atom is 0.263 e. The van der Waals surface area contributed by atoms with Gasteiger partial charge in [0.1, 0.15) is 5.56 Å². The molecule has 2 rings (SSSR count). The summed E-state index contributed by atoms with van der Waals surface area (Å²) in [5.41, 5.74) is 0.903. The van der Waals surface area contributed by atoms with E-state index in [0.717, 1.165) is 18.8 Å². The van der Waals surface area contributed by atoms with Crippen molar-refractivity contribution in [3.05, 3.63) is 33.7 Å². The van der Waals surface area contributed by atoms with E-state index >= 15 is 0 Å². The predicted octanol–water partition coefficient (Wildman–Crippen LogP) is -0.261. The molecule has 92 valence electrons. The molecule has 1 aliphatic rings. The van der Waals surface area contributed by atoms with Crippen molar-refractivity contribution in [3.8, 4) is 0 Å². The van der Waals surface area contributed by atoms with E-state index in [4.69, 9.17) is 0 Å². The Hall–Kier alpha value is -1.62. The molecular formula is C12H17N3O2. The van der Waals surface area contributed by atoms with Crippen LogP contribution >= 0.6 is 0 Å². The van der Waals surface area contributed by atoms with Crippen LogP contribution < -0.4 is 10.9 Å². The summed E-state index contributed by atoms with van der Waals surface area (Å²) in [7, 11) is 1.69. The molecule has 0 saturated carbocycles. The Balaban J connectivity index is 2.31. The number of pyridine rings is 1. The van der Waals surface area contributed by atoms with E-state index in [2.05, 4.69) is 5.32 Å². The van der Waals surface area contributed by atoms with Crippen LogP contribution in [0.1, 0.15) is 16.1 Å². The molecule has 0 bridgehead atoms. The second-order valence-electron chi connectivity index (χ2n) is 4.29. The highest BCUT2D eigenvalue weighted by molar-refractivity contribution is 5.94. The predicted molar refractivity (Wildman–Crippen MR) is 65.2 cm³/mol. The van der Waals surface area contributed by atoms with E-state index in [1.54, 1.807) is 24.1 Å². The monoisotopic (exact) mass is 235 g/mol. The van der Waals surface area contributed by atoms with E-state index in [1.807, 2.05) is 6.92 Å². The third-order valence-electron chi connectivity index (χ3n) is 3.19. The number of hydrogen-bond acceptors (Lipinski definition) is 3. The molecule has 2 heterocycles. The number of carbonyl (C=O) groups excluding carboxylic acids is 1. The Labute approximate surface area is 100 Å². The van der Waals surface area contributed by atoms with E-state index in [-0.39, 0.29) is 17.0 Å². The van der Waals surface area contributed by atoms with Crippen LogP contribution in [-0.2, 0) is 7.05 Å². The molecule has 0 spiro atoms. The Bertz CT molecular complexity index is 487. The number of amides is 1. The van der Waals surface area contributed by atoms with Gasteiger partial charge in [-0.25, -0.2) is 0 Å². The average Bonchev–Trinajstić information content (AvgIpc) is 2.36. The summed E-state index contributed by atoms with van der Waals surface area (Å²) in [6.45, 7) is 4.75. The SMILES string of the molecule is Cc1ccc(C(=O)N2CCNCC2)c(=O)n1C. The summed E-state index contributed by atoms with van der Waals surface area (Å²) in [5.74, 6) is -0.160. The van der Waals surface area contributed by atoms with Crippen molar-refractivity contribution >= 4 is 5.91 Å². The third kappa shape index (κ3) is 2.24. The molecule has 0 aliphatic carbocycles. The van der Waals surface area contributed by atoms with Crippen LogP contribution in [0.25, 0.3) is 0 Å². The van der Waals surface area contributed by atoms with Crippen molar-refractivity contribution in [1.29, 1.82) is 0 Å². The van der Waals surface area contributed by atoms with Gasteiger partial charge in [-0.15, -0.1) is 0 Å². The maximum absolute atomic E-state index is 12.2. The Morgan fingerprint density at radius 2 is 1.94 bits per heavy atom. The fourth-order valence-corrected chi connectivity index (χ4v) is 1.93. The zero-order chi connectivity index (χ0) is 12.4. The fraction of sp³-hybridized carbons (Fsp3) is 0.500. The van der Waals surface area contributed by atoms with Crippen LogP contribution in [0, 0.1) is 6.92 Å². The van der Waals surface area contributed by atoms with Crippen LogP contribution in [0.3, 0.4) is 0 Å². The highest BCUT2D eigenvalue weighted by Gasteiger charge is 2.20. The van der Waals surface area contributed by atoms with Crippen molar-refractivity contribution in [2.45, 2.75) is 6.92 Å². The van der Waals surface area contributed by atoms with Crippen LogP contribution in [0.5, 0.6) is 0 Å². The van der Waals surface area contributed by atoms with E-state index in [1.165, 1.54) is 4.57 Å². The van der Waals surface area contributed by atoms with Gasteiger partial charge >= 0.3 is 0 Å². The van der Waals surface area contributed by atoms with Crippen molar-refractivity contribution in [3.63, 3.8) is 0 Å². The molecule has 1 saturated heterocycles. The number of nitrogens with one attached hydrogen (secondary N) is 1. The zero-order valence-electron chi connectivity index (χ0n) is 10.2. The van der Waals surface area contributed by atoms with E-state index < -0.39 is 0 Å². The molecular weight excluding hydrogens is 218 g/mol. The molecule has 0 aromatic carbocycles. The number of aryl methyl sites for hydroxylation is 1. The van der Waals surface area contributed by atoms with Gasteiger partial charge in [0.2, 0.25) is 0 Å². The lowest BCUT2D eigenvalue weighted by Crippen LogP contribution is -2.47. The molecule has 1 N–H and O–H groups in total. The first-order valence-corrected chi connectivity index (χ1v) is 5.78. The molecule has 0 atom stereocenters. The number of nitrogens with zero attached hydrogens (tertiary/aromatic N) is 2. The van der Waals surface area contributed by atoms with Gasteiger partial charge in [0.15, 0.2) is 0 Å². The summed E-state index contributed by atoms with van der Waals surface area (Å²) < 4.78 is 1.51. The minimum absolute atomic E-state index is 0.160. The van der Waals surface area contributed by atoms with Crippen LogP contribution in [-0.4, -0.2) is 41.6 Å². The van der Waals surface area contributed by atoms with E-state index in [0.29, 0.717) is 13.1 Å². The molecule has 17 heavy (non-hydrogen) atoms. The van der Waals surface area contributed by atoms with E-state index in [9.17, 15) is 9.59 Å². The summed E-state index contributed by atoms with van der Waals surface area (Å²) in [4.78, 5) is 25.9. The molecule has 1 aromatic heterocycles. The quantitative estimate of drug-likeness (QED) is 0.729. The zero-order valence-corrected chi connectivity index (χ0v) is 10.2. The minimum Gasteiger partial charge on any atom is -0.336 e. The highest BCUT2D eigenvalue weighted by atomic mass is 16.2. The number of rotatable bonds is 1. The molecule has 0 unspecified atom stereocenters. The Kier molecular flexibility index (Phi) is 3.28. The Morgan fingerprint density at radius 1 is 1.29 bits per heavy atom. The normalized spacial score (nSPS) is 16.0. The van der Waals surface area contributed by atoms with Crippen molar-refractivity contribution in [2.75, 3.05) is 26.2 Å². The van der Waals surface area contributed by atoms with Crippen LogP contribution in [0.15, 0.2) is 16.9 Å². The summed E-state index contributed by atoms with van der Waals surface area (Å²) >= 11 is 0. The maximum atomic E-state index is 12.2. The first-order valence-electron chi connectivity index (χ1n) is 5.78. The van der Waals surface area contributed by atoms with Crippen molar-refractivity contribution in [2.24, 2.45) is 7.05 Å². The number of piperazine rings is 1. The number of aromatic nitrogens is 1. The fourth-order valence-electron chi connectivity index (χ4n) is 1.93. The summed E-state index contributed by atoms with van der Waals surface area (Å²) in [6, 6.07) is 3.43. The van der Waals surface area contributed by atoms with Gasteiger partial charge in [-0.2, -0.15) is 0 Å². The third-order valence-corrected chi connectivity index (χ3v) is 3.19. The van der Waals surface area contributed by atoms with Crippen molar-refractivity contribution in [1.82, 2.24) is 14.8 Å². The lowest BCUT2D eigenvalue weighted by Gasteiger charge is -2.27. The molecule has 1 aromatic rings. The topological polar surface area (TPSA) is 54.3 Å². The second kappa shape index (κ2) is 4.71. The molecule has 1 aliphatic heterocycles. The van der Waals surface area contributed by atoms with Gasteiger partial charge in [-0.3, -0.25) is 9.59 Å². The summed E-state index contributed by atoms with van der Waals surface area (Å²) in [5, 5.41) is 3.18. The standard InChI is InChI=1S/C12H17N3O2/c1-9-3-4-10(11(16)14(9)2)12(17)15-7-5-13-6-8-15/h3-4,13H,5-8H2,1-2H3. The first kappa shape index (κ1) is 11.9. The van der Waals surface area contributed by atoms with Gasteiger partial charge in [0, 0.05) is 38.9 Å². The molecule has 0 radical (unpaired) electrons. The van der Waals surface area contributed by atoms with Gasteiger partial charge in [0.25, 0.3) is 11.5 Å². The average molecular weight is 235 g/mol. The minimum atomic E-state index is -0.214. The van der Waals surface area contributed by atoms with Crippen LogP contribution in [0.2, 0.25) is 0 Å². The highest BCUT2D eigenvalue weighted by Crippen LogP contribution is 2.03. The van der Waals surface area contributed by atoms with Crippen molar-refractivity contribution < 1.29 is 4.79 Å². The largest absolute Gasteiger partial charge is 0.336 e. The van der Waals surface area contributed by atoms with Gasteiger partial charge in [-0.1, -0.05) is 0 Å². The lowest BCUT2D eigenvalue weighted by molar-refractivity contribution is 0.0733. The Morgan fingerprint density at radius 3 is 2.59 bits per heavy atom. The van der Waals surface area contributed by atoms with Gasteiger partial charge in [-0.05, 0) is 19.1 Å². The molecule has 1 amide bonds. The van der Waals surface area contributed by atoms with Gasteiger partial charge in [0.05, 0.1) is 0 Å². The van der Waals surface area contributed by atoms with Gasteiger partial charge < -0.3 is 14.8 Å². The second-order valence-corrected chi connectivity index (χ2v) is 4.29. The smallest absolute Gasteiger partial charge is 0.263 e. The first-order chi connectivity index (χ1) is 8.11.